The minimum Gasteiger partial charge on any atom is -0.380 e. The van der Waals surface area contributed by atoms with E-state index in [0.717, 1.165) is 6.54 Å². The summed E-state index contributed by atoms with van der Waals surface area (Å²) in [5.74, 6) is 0. The Morgan fingerprint density at radius 3 is 2.65 bits per heavy atom. The van der Waals surface area contributed by atoms with Crippen LogP contribution in [0, 0.1) is 13.8 Å². The molecule has 0 aliphatic rings. The van der Waals surface area contributed by atoms with E-state index in [-0.39, 0.29) is 12.1 Å². The van der Waals surface area contributed by atoms with Gasteiger partial charge in [0.25, 0.3) is 0 Å². The Hall–Kier alpha value is -0.900. The first-order valence-corrected chi connectivity index (χ1v) is 6.11. The summed E-state index contributed by atoms with van der Waals surface area (Å²) in [6, 6.07) is 6.68. The number of benzene rings is 1. The quantitative estimate of drug-likeness (QED) is 0.793. The average molecular weight is 236 g/mol. The molecule has 0 bridgehead atoms. The van der Waals surface area contributed by atoms with Crippen molar-refractivity contribution < 1.29 is 4.74 Å². The molecule has 3 heteroatoms. The Bertz CT molecular complexity index is 352. The SMILES string of the molecule is COC(C)CNC(CN)c1cc(C)ccc1C. The number of ether oxygens (including phenoxy) is 1. The van der Waals surface area contributed by atoms with Crippen LogP contribution < -0.4 is 11.1 Å². The van der Waals surface area contributed by atoms with Gasteiger partial charge in [-0.2, -0.15) is 0 Å². The maximum Gasteiger partial charge on any atom is 0.0667 e. The second kappa shape index (κ2) is 6.74. The third-order valence-electron chi connectivity index (χ3n) is 3.10. The zero-order chi connectivity index (χ0) is 12.8. The van der Waals surface area contributed by atoms with Gasteiger partial charge in [-0.1, -0.05) is 23.8 Å². The lowest BCUT2D eigenvalue weighted by Gasteiger charge is -2.21. The number of methoxy groups -OCH3 is 1. The molecule has 1 aromatic carbocycles. The monoisotopic (exact) mass is 236 g/mol. The molecule has 0 amide bonds. The van der Waals surface area contributed by atoms with Gasteiger partial charge >= 0.3 is 0 Å². The zero-order valence-electron chi connectivity index (χ0n) is 11.3. The van der Waals surface area contributed by atoms with E-state index in [9.17, 15) is 0 Å². The lowest BCUT2D eigenvalue weighted by atomic mass is 9.99. The van der Waals surface area contributed by atoms with Gasteiger partial charge in [0.15, 0.2) is 0 Å². The van der Waals surface area contributed by atoms with E-state index in [4.69, 9.17) is 10.5 Å². The minimum absolute atomic E-state index is 0.201. The Kier molecular flexibility index (Phi) is 5.62. The van der Waals surface area contributed by atoms with Gasteiger partial charge in [-0.05, 0) is 31.9 Å². The molecule has 0 saturated carbocycles. The summed E-state index contributed by atoms with van der Waals surface area (Å²) in [5, 5.41) is 3.45. The molecule has 0 saturated heterocycles. The molecule has 2 unspecified atom stereocenters. The molecule has 0 radical (unpaired) electrons. The van der Waals surface area contributed by atoms with Crippen molar-refractivity contribution in [2.45, 2.75) is 32.9 Å². The molecule has 2 atom stereocenters. The summed E-state index contributed by atoms with van der Waals surface area (Å²) in [6.07, 6.45) is 0.203. The van der Waals surface area contributed by atoms with Crippen LogP contribution in [0.4, 0.5) is 0 Å². The molecule has 1 aromatic rings. The van der Waals surface area contributed by atoms with Crippen LogP contribution in [0.1, 0.15) is 29.7 Å². The number of nitrogens with two attached hydrogens (primary N) is 1. The Morgan fingerprint density at radius 1 is 1.35 bits per heavy atom. The fourth-order valence-electron chi connectivity index (χ4n) is 1.85. The van der Waals surface area contributed by atoms with Crippen molar-refractivity contribution in [3.63, 3.8) is 0 Å². The number of nitrogens with one attached hydrogen (secondary N) is 1. The molecule has 1 rings (SSSR count). The molecule has 0 aliphatic heterocycles. The summed E-state index contributed by atoms with van der Waals surface area (Å²) in [6.45, 7) is 7.68. The molecule has 0 aliphatic carbocycles. The molecule has 0 fully saturated rings. The van der Waals surface area contributed by atoms with Gasteiger partial charge in [0.1, 0.15) is 0 Å². The first-order chi connectivity index (χ1) is 8.08. The van der Waals surface area contributed by atoms with E-state index < -0.39 is 0 Å². The van der Waals surface area contributed by atoms with Crippen molar-refractivity contribution in [1.29, 1.82) is 0 Å². The van der Waals surface area contributed by atoms with Crippen molar-refractivity contribution in [2.75, 3.05) is 20.2 Å². The average Bonchev–Trinajstić information content (AvgIpc) is 2.33. The van der Waals surface area contributed by atoms with Crippen LogP contribution in [0.15, 0.2) is 18.2 Å². The fraction of sp³-hybridized carbons (Fsp3) is 0.571. The van der Waals surface area contributed by atoms with Crippen LogP contribution in [0.5, 0.6) is 0 Å². The highest BCUT2D eigenvalue weighted by atomic mass is 16.5. The smallest absolute Gasteiger partial charge is 0.0667 e. The lowest BCUT2D eigenvalue weighted by Crippen LogP contribution is -2.34. The van der Waals surface area contributed by atoms with E-state index in [1.54, 1.807) is 7.11 Å². The Labute approximate surface area is 104 Å². The highest BCUT2D eigenvalue weighted by Crippen LogP contribution is 2.18. The van der Waals surface area contributed by atoms with Crippen molar-refractivity contribution in [2.24, 2.45) is 5.73 Å². The van der Waals surface area contributed by atoms with Crippen LogP contribution in [-0.2, 0) is 4.74 Å². The number of hydrogen-bond acceptors (Lipinski definition) is 3. The van der Waals surface area contributed by atoms with Crippen LogP contribution in [-0.4, -0.2) is 26.3 Å². The maximum absolute atomic E-state index is 5.85. The van der Waals surface area contributed by atoms with Crippen molar-refractivity contribution in [3.8, 4) is 0 Å². The Morgan fingerprint density at radius 2 is 2.06 bits per heavy atom. The van der Waals surface area contributed by atoms with Gasteiger partial charge in [-0.15, -0.1) is 0 Å². The molecular formula is C14H24N2O. The van der Waals surface area contributed by atoms with Gasteiger partial charge in [-0.3, -0.25) is 0 Å². The molecule has 17 heavy (non-hydrogen) atoms. The fourth-order valence-corrected chi connectivity index (χ4v) is 1.85. The highest BCUT2D eigenvalue weighted by molar-refractivity contribution is 5.33. The van der Waals surface area contributed by atoms with Crippen molar-refractivity contribution >= 4 is 0 Å². The standard InChI is InChI=1S/C14H24N2O/c1-10-5-6-11(2)13(7-10)14(8-15)16-9-12(3)17-4/h5-7,12,14,16H,8-9,15H2,1-4H3. The van der Waals surface area contributed by atoms with Crippen molar-refractivity contribution in [1.82, 2.24) is 5.32 Å². The molecule has 0 spiro atoms. The molecular weight excluding hydrogens is 212 g/mol. The molecule has 3 N–H and O–H groups in total. The molecule has 0 aromatic heterocycles. The van der Waals surface area contributed by atoms with Crippen molar-refractivity contribution in [3.05, 3.63) is 34.9 Å². The van der Waals surface area contributed by atoms with Gasteiger partial charge in [0, 0.05) is 26.2 Å². The number of rotatable bonds is 6. The van der Waals surface area contributed by atoms with Crippen LogP contribution >= 0.6 is 0 Å². The number of hydrogen-bond donors (Lipinski definition) is 2. The molecule has 0 heterocycles. The molecule has 96 valence electrons. The summed E-state index contributed by atoms with van der Waals surface area (Å²) < 4.78 is 5.23. The topological polar surface area (TPSA) is 47.3 Å². The van der Waals surface area contributed by atoms with Crippen LogP contribution in [0.3, 0.4) is 0 Å². The van der Waals surface area contributed by atoms with E-state index in [1.807, 2.05) is 6.92 Å². The summed E-state index contributed by atoms with van der Waals surface area (Å²) in [5.41, 5.74) is 9.69. The van der Waals surface area contributed by atoms with Gasteiger partial charge < -0.3 is 15.8 Å². The lowest BCUT2D eigenvalue weighted by molar-refractivity contribution is 0.114. The second-order valence-corrected chi connectivity index (χ2v) is 4.60. The summed E-state index contributed by atoms with van der Waals surface area (Å²) in [4.78, 5) is 0. The minimum atomic E-state index is 0.201. The first-order valence-electron chi connectivity index (χ1n) is 6.11. The summed E-state index contributed by atoms with van der Waals surface area (Å²) in [7, 11) is 1.72. The largest absolute Gasteiger partial charge is 0.380 e. The normalized spacial score (nSPS) is 14.6. The third-order valence-corrected chi connectivity index (χ3v) is 3.10. The molecule has 3 nitrogen and oxygen atoms in total. The number of aryl methyl sites for hydroxylation is 2. The van der Waals surface area contributed by atoms with E-state index in [1.165, 1.54) is 16.7 Å². The third kappa shape index (κ3) is 4.11. The highest BCUT2D eigenvalue weighted by Gasteiger charge is 2.12. The maximum atomic E-state index is 5.85. The van der Waals surface area contributed by atoms with Crippen LogP contribution in [0.2, 0.25) is 0 Å². The van der Waals surface area contributed by atoms with Gasteiger partial charge in [-0.25, -0.2) is 0 Å². The predicted molar refractivity (Wildman–Crippen MR) is 72.2 cm³/mol. The Balaban J connectivity index is 2.75. The van der Waals surface area contributed by atoms with Gasteiger partial charge in [0.05, 0.1) is 6.10 Å². The predicted octanol–water partition coefficient (Wildman–Crippen LogP) is 1.93. The van der Waals surface area contributed by atoms with E-state index in [2.05, 4.69) is 37.4 Å². The van der Waals surface area contributed by atoms with Gasteiger partial charge in [0.2, 0.25) is 0 Å². The van der Waals surface area contributed by atoms with Crippen LogP contribution in [0.25, 0.3) is 0 Å². The first kappa shape index (κ1) is 14.2. The van der Waals surface area contributed by atoms with E-state index in [0.29, 0.717) is 6.54 Å². The zero-order valence-corrected chi connectivity index (χ0v) is 11.3. The second-order valence-electron chi connectivity index (χ2n) is 4.60. The van der Waals surface area contributed by atoms with E-state index >= 15 is 0 Å². The summed E-state index contributed by atoms with van der Waals surface area (Å²) >= 11 is 0.